The lowest BCUT2D eigenvalue weighted by atomic mass is 9.96. The van der Waals surface area contributed by atoms with Crippen LogP contribution in [0.15, 0.2) is 72.8 Å². The van der Waals surface area contributed by atoms with E-state index in [-0.39, 0.29) is 6.04 Å². The van der Waals surface area contributed by atoms with E-state index >= 15 is 0 Å². The third-order valence-electron chi connectivity index (χ3n) is 4.08. The molecule has 0 aromatic heterocycles. The van der Waals surface area contributed by atoms with Crippen molar-refractivity contribution in [3.63, 3.8) is 0 Å². The van der Waals surface area contributed by atoms with E-state index in [0.29, 0.717) is 27.8 Å². The van der Waals surface area contributed by atoms with Gasteiger partial charge in [0, 0.05) is 11.1 Å². The van der Waals surface area contributed by atoms with Crippen LogP contribution >= 0.6 is 0 Å². The summed E-state index contributed by atoms with van der Waals surface area (Å²) in [5.41, 5.74) is 3.34. The molecular formula is C24H18O4. The van der Waals surface area contributed by atoms with Crippen LogP contribution in [0.4, 0.5) is 0 Å². The topological polar surface area (TPSA) is 52.6 Å². The summed E-state index contributed by atoms with van der Waals surface area (Å²) >= 11 is 0. The van der Waals surface area contributed by atoms with Gasteiger partial charge in [-0.2, -0.15) is 0 Å². The number of carbonyl (C=O) groups is 2. The van der Waals surface area contributed by atoms with E-state index in [0.717, 1.165) is 5.56 Å². The highest BCUT2D eigenvalue weighted by molar-refractivity contribution is 5.92. The van der Waals surface area contributed by atoms with Gasteiger partial charge in [0.1, 0.15) is 0 Å². The van der Waals surface area contributed by atoms with E-state index in [9.17, 15) is 9.59 Å². The Bertz CT molecular complexity index is 1120. The molecular weight excluding hydrogens is 352 g/mol. The zero-order valence-electron chi connectivity index (χ0n) is 16.5. The fraction of sp³-hybridized carbons (Fsp3) is 0.0833. The molecule has 4 heteroatoms. The average Bonchev–Trinajstić information content (AvgIpc) is 2.77. The molecule has 0 fully saturated rings. The summed E-state index contributed by atoms with van der Waals surface area (Å²) in [7, 11) is 2.61. The summed E-state index contributed by atoms with van der Waals surface area (Å²) in [6, 6.07) is 19.3. The number of ether oxygens (including phenoxy) is 2. The van der Waals surface area contributed by atoms with E-state index in [1.165, 1.54) is 20.3 Å². The van der Waals surface area contributed by atoms with Crippen LogP contribution in [0.25, 0.3) is 11.1 Å². The Hall–Kier alpha value is -3.84. The number of rotatable bonds is 3. The Kier molecular flexibility index (Phi) is 5.46. The Morgan fingerprint density at radius 3 is 2.18 bits per heavy atom. The minimum Gasteiger partial charge on any atom is -0.465 e. The maximum atomic E-state index is 11.9. The third-order valence-corrected chi connectivity index (χ3v) is 4.08. The smallest absolute Gasteiger partial charge is 0.337 e. The van der Waals surface area contributed by atoms with Crippen LogP contribution in [-0.4, -0.2) is 26.2 Å². The number of benzene rings is 3. The molecule has 0 amide bonds. The molecule has 4 nitrogen and oxygen atoms in total. The van der Waals surface area contributed by atoms with Crippen LogP contribution in [0.1, 0.15) is 33.2 Å². The van der Waals surface area contributed by atoms with Crippen LogP contribution in [-0.2, 0) is 9.47 Å². The Morgan fingerprint density at radius 1 is 0.821 bits per heavy atom. The van der Waals surface area contributed by atoms with Crippen molar-refractivity contribution in [1.82, 2.24) is 0 Å². The van der Waals surface area contributed by atoms with Crippen LogP contribution in [0.2, 0.25) is 0 Å². The first-order chi connectivity index (χ1) is 14.0. The molecule has 0 atom stereocenters. The summed E-state index contributed by atoms with van der Waals surface area (Å²) in [5, 5.41) is 0. The lowest BCUT2D eigenvalue weighted by Crippen LogP contribution is -2.02. The first-order valence-electron chi connectivity index (χ1n) is 9.02. The summed E-state index contributed by atoms with van der Waals surface area (Å²) < 4.78 is 17.8. The van der Waals surface area contributed by atoms with E-state index < -0.39 is 11.9 Å². The molecule has 0 radical (unpaired) electrons. The van der Waals surface area contributed by atoms with Crippen molar-refractivity contribution >= 4 is 11.9 Å². The largest absolute Gasteiger partial charge is 0.465 e. The number of methoxy groups -OCH3 is 2. The van der Waals surface area contributed by atoms with Crippen LogP contribution in [0.5, 0.6) is 0 Å². The van der Waals surface area contributed by atoms with Crippen molar-refractivity contribution < 1.29 is 20.4 Å². The van der Waals surface area contributed by atoms with Gasteiger partial charge in [0.2, 0.25) is 0 Å². The van der Waals surface area contributed by atoms with Gasteiger partial charge in [-0.1, -0.05) is 48.2 Å². The summed E-state index contributed by atoms with van der Waals surface area (Å²) in [6.45, 7) is 0. The molecule has 0 unspecified atom stereocenters. The first-order valence-corrected chi connectivity index (χ1v) is 8.52. The van der Waals surface area contributed by atoms with Gasteiger partial charge < -0.3 is 9.47 Å². The summed E-state index contributed by atoms with van der Waals surface area (Å²) in [4.78, 5) is 23.7. The highest BCUT2D eigenvalue weighted by Gasteiger charge is 2.11. The van der Waals surface area contributed by atoms with E-state index in [2.05, 4.69) is 11.8 Å². The van der Waals surface area contributed by atoms with Gasteiger partial charge in [-0.05, 0) is 47.5 Å². The second-order valence-corrected chi connectivity index (χ2v) is 5.85. The fourth-order valence-corrected chi connectivity index (χ4v) is 2.63. The standard InChI is InChI=1S/C24H18O4/c1-27-23(25)19-12-10-18(11-13-19)22-15-14-21(24(26)28-2)16-20(22)9-8-17-6-4-3-5-7-17/h3-7,10-16H,1-2H3/i10D. The number of carbonyl (C=O) groups excluding carboxylic acids is 2. The molecule has 0 aliphatic carbocycles. The van der Waals surface area contributed by atoms with Crippen molar-refractivity contribution in [3.05, 3.63) is 95.0 Å². The zero-order chi connectivity index (χ0) is 20.8. The Labute approximate surface area is 165 Å². The van der Waals surface area contributed by atoms with Crippen molar-refractivity contribution in [3.8, 4) is 23.0 Å². The lowest BCUT2D eigenvalue weighted by Gasteiger charge is -2.08. The summed E-state index contributed by atoms with van der Waals surface area (Å²) in [6.07, 6.45) is 0. The summed E-state index contributed by atoms with van der Waals surface area (Å²) in [5.74, 6) is 5.20. The SMILES string of the molecule is [2H]c1cc(C(=O)OC)ccc1-c1ccc(C(=O)OC)cc1C#Cc1ccccc1. The molecule has 0 aliphatic heterocycles. The monoisotopic (exact) mass is 371 g/mol. The second-order valence-electron chi connectivity index (χ2n) is 5.85. The molecule has 3 aromatic carbocycles. The Balaban J connectivity index is 2.12. The molecule has 0 heterocycles. The molecule has 28 heavy (non-hydrogen) atoms. The van der Waals surface area contributed by atoms with E-state index in [4.69, 9.17) is 10.8 Å². The maximum Gasteiger partial charge on any atom is 0.337 e. The molecule has 0 saturated heterocycles. The number of hydrogen-bond acceptors (Lipinski definition) is 4. The molecule has 0 N–H and O–H groups in total. The molecule has 0 bridgehead atoms. The van der Waals surface area contributed by atoms with Gasteiger partial charge >= 0.3 is 11.9 Å². The Morgan fingerprint density at radius 2 is 1.50 bits per heavy atom. The lowest BCUT2D eigenvalue weighted by molar-refractivity contribution is 0.0592. The second kappa shape index (κ2) is 8.70. The van der Waals surface area contributed by atoms with Crippen molar-refractivity contribution in [2.24, 2.45) is 0 Å². The number of hydrogen-bond donors (Lipinski definition) is 0. The maximum absolute atomic E-state index is 11.9. The van der Waals surface area contributed by atoms with Crippen molar-refractivity contribution in [2.45, 2.75) is 0 Å². The number of esters is 2. The van der Waals surface area contributed by atoms with Gasteiger partial charge in [0.15, 0.2) is 0 Å². The van der Waals surface area contributed by atoms with E-state index in [1.54, 1.807) is 30.3 Å². The van der Waals surface area contributed by atoms with Gasteiger partial charge in [0.05, 0.1) is 26.7 Å². The van der Waals surface area contributed by atoms with Crippen LogP contribution < -0.4 is 0 Å². The van der Waals surface area contributed by atoms with Crippen molar-refractivity contribution in [2.75, 3.05) is 14.2 Å². The third kappa shape index (κ3) is 4.28. The van der Waals surface area contributed by atoms with Gasteiger partial charge in [-0.15, -0.1) is 0 Å². The van der Waals surface area contributed by atoms with Crippen LogP contribution in [0.3, 0.4) is 0 Å². The van der Waals surface area contributed by atoms with Gasteiger partial charge in [-0.25, -0.2) is 9.59 Å². The minimum absolute atomic E-state index is 0.154. The molecule has 3 aromatic rings. The minimum atomic E-state index is -0.504. The first kappa shape index (κ1) is 17.6. The van der Waals surface area contributed by atoms with Crippen LogP contribution in [0, 0.1) is 11.8 Å². The average molecular weight is 371 g/mol. The highest BCUT2D eigenvalue weighted by atomic mass is 16.5. The predicted molar refractivity (Wildman–Crippen MR) is 107 cm³/mol. The molecule has 0 aliphatic rings. The molecule has 0 saturated carbocycles. The molecule has 138 valence electrons. The van der Waals surface area contributed by atoms with Gasteiger partial charge in [0.25, 0.3) is 0 Å². The molecule has 3 rings (SSSR count). The van der Waals surface area contributed by atoms with Gasteiger partial charge in [-0.3, -0.25) is 0 Å². The molecule has 0 spiro atoms. The normalized spacial score (nSPS) is 10.3. The predicted octanol–water partition coefficient (Wildman–Crippen LogP) is 4.33. The van der Waals surface area contributed by atoms with Crippen molar-refractivity contribution in [1.29, 1.82) is 0 Å². The fourth-order valence-electron chi connectivity index (χ4n) is 2.63. The highest BCUT2D eigenvalue weighted by Crippen LogP contribution is 2.25. The van der Waals surface area contributed by atoms with E-state index in [1.807, 2.05) is 30.3 Å². The zero-order valence-corrected chi connectivity index (χ0v) is 15.5. The quantitative estimate of drug-likeness (QED) is 0.508.